The first-order valence-corrected chi connectivity index (χ1v) is 13.1. The molecule has 1 aliphatic rings. The fourth-order valence-corrected chi connectivity index (χ4v) is 7.24. The Bertz CT molecular complexity index is 1170. The Balaban J connectivity index is 2.00. The summed E-state index contributed by atoms with van der Waals surface area (Å²) in [6, 6.07) is 6.04. The van der Waals surface area contributed by atoms with Gasteiger partial charge >= 0.3 is 7.60 Å². The molecule has 8 heteroatoms. The normalized spacial score (nSPS) is 16.7. The van der Waals surface area contributed by atoms with Crippen LogP contribution in [-0.4, -0.2) is 32.4 Å². The van der Waals surface area contributed by atoms with Crippen molar-refractivity contribution in [1.29, 1.82) is 0 Å². The van der Waals surface area contributed by atoms with Crippen LogP contribution in [0.3, 0.4) is 0 Å². The summed E-state index contributed by atoms with van der Waals surface area (Å²) in [6.07, 6.45) is 3.55. The number of nitrogens with zero attached hydrogens (tertiary/aromatic N) is 2. The average molecular weight is 506 g/mol. The van der Waals surface area contributed by atoms with Gasteiger partial charge in [-0.15, -0.1) is 0 Å². The first-order valence-electron chi connectivity index (χ1n) is 10.6. The molecule has 0 bridgehead atoms. The van der Waals surface area contributed by atoms with E-state index in [9.17, 15) is 14.4 Å². The van der Waals surface area contributed by atoms with E-state index >= 15 is 0 Å². The first-order chi connectivity index (χ1) is 14.6. The van der Waals surface area contributed by atoms with Crippen molar-refractivity contribution in [2.75, 3.05) is 13.1 Å². The molecule has 3 aromatic rings. The number of rotatable bonds is 4. The van der Waals surface area contributed by atoms with Crippen molar-refractivity contribution in [1.82, 2.24) is 14.9 Å². The van der Waals surface area contributed by atoms with Crippen molar-refractivity contribution >= 4 is 34.6 Å². The third kappa shape index (κ3) is 4.27. The maximum absolute atomic E-state index is 12.8. The smallest absolute Gasteiger partial charge is 0.324 e. The Morgan fingerprint density at radius 3 is 2.29 bits per heavy atom. The molecule has 166 valence electrons. The van der Waals surface area contributed by atoms with Crippen molar-refractivity contribution in [3.8, 4) is 5.69 Å². The second-order valence-corrected chi connectivity index (χ2v) is 11.4. The molecule has 0 radical (unpaired) electrons. The largest absolute Gasteiger partial charge is 0.333 e. The Hall–Kier alpha value is -1.50. The maximum Gasteiger partial charge on any atom is 0.333 e. The molecule has 0 spiro atoms. The van der Waals surface area contributed by atoms with Gasteiger partial charge in [-0.25, -0.2) is 4.98 Å². The van der Waals surface area contributed by atoms with E-state index in [0.29, 0.717) is 0 Å². The zero-order valence-electron chi connectivity index (χ0n) is 18.3. The lowest BCUT2D eigenvalue weighted by Gasteiger charge is -2.32. The third-order valence-corrected chi connectivity index (χ3v) is 8.19. The van der Waals surface area contributed by atoms with Crippen LogP contribution in [0.1, 0.15) is 46.4 Å². The SMILES string of the molecule is Cc1cc(C(C2CCNCC2)P(=O)(O)O)c2c(C)cn(-c3c(C)cc(Br)cc3C)c2n1. The number of hydrogen-bond donors (Lipinski definition) is 3. The summed E-state index contributed by atoms with van der Waals surface area (Å²) in [4.78, 5) is 25.7. The molecular formula is C23H29BrN3O3P. The number of hydrogen-bond acceptors (Lipinski definition) is 3. The molecule has 2 aromatic heterocycles. The van der Waals surface area contributed by atoms with Crippen LogP contribution in [0.5, 0.6) is 0 Å². The molecule has 3 N–H and O–H groups in total. The highest BCUT2D eigenvalue weighted by atomic mass is 79.9. The minimum absolute atomic E-state index is 0.0639. The quantitative estimate of drug-likeness (QED) is 0.422. The maximum atomic E-state index is 12.8. The molecule has 1 fully saturated rings. The zero-order valence-corrected chi connectivity index (χ0v) is 20.8. The number of aromatic nitrogens is 2. The molecule has 31 heavy (non-hydrogen) atoms. The molecule has 4 rings (SSSR count). The zero-order chi connectivity index (χ0) is 22.5. The Kier molecular flexibility index (Phi) is 6.18. The van der Waals surface area contributed by atoms with E-state index in [-0.39, 0.29) is 5.92 Å². The van der Waals surface area contributed by atoms with Crippen LogP contribution >= 0.6 is 23.5 Å². The van der Waals surface area contributed by atoms with Gasteiger partial charge in [0, 0.05) is 21.7 Å². The lowest BCUT2D eigenvalue weighted by molar-refractivity contribution is 0.300. The van der Waals surface area contributed by atoms with Gasteiger partial charge in [0.1, 0.15) is 5.65 Å². The molecule has 0 amide bonds. The highest BCUT2D eigenvalue weighted by Gasteiger charge is 2.40. The lowest BCUT2D eigenvalue weighted by Crippen LogP contribution is -2.31. The molecule has 1 aromatic carbocycles. The fourth-order valence-electron chi connectivity index (χ4n) is 5.14. The van der Waals surface area contributed by atoms with Crippen LogP contribution in [0.15, 0.2) is 28.9 Å². The molecule has 3 heterocycles. The minimum atomic E-state index is -4.37. The van der Waals surface area contributed by atoms with Gasteiger partial charge < -0.3 is 19.7 Å². The van der Waals surface area contributed by atoms with Gasteiger partial charge in [0.15, 0.2) is 0 Å². The summed E-state index contributed by atoms with van der Waals surface area (Å²) in [5.74, 6) is -0.0639. The predicted molar refractivity (Wildman–Crippen MR) is 128 cm³/mol. The summed E-state index contributed by atoms with van der Waals surface area (Å²) in [6.45, 7) is 9.60. The first kappa shape index (κ1) is 22.7. The van der Waals surface area contributed by atoms with Crippen LogP contribution in [0.2, 0.25) is 0 Å². The summed E-state index contributed by atoms with van der Waals surface area (Å²) < 4.78 is 15.9. The van der Waals surface area contributed by atoms with Gasteiger partial charge in [-0.2, -0.15) is 0 Å². The second-order valence-electron chi connectivity index (χ2n) is 8.74. The summed E-state index contributed by atoms with van der Waals surface area (Å²) >= 11 is 3.57. The van der Waals surface area contributed by atoms with E-state index in [0.717, 1.165) is 75.1 Å². The monoisotopic (exact) mass is 505 g/mol. The van der Waals surface area contributed by atoms with Gasteiger partial charge in [0.25, 0.3) is 0 Å². The number of benzene rings is 1. The summed E-state index contributed by atoms with van der Waals surface area (Å²) in [5.41, 5.74) is 5.69. The number of aryl methyl sites for hydroxylation is 4. The number of pyridine rings is 1. The van der Waals surface area contributed by atoms with Gasteiger partial charge in [-0.1, -0.05) is 15.9 Å². The second kappa shape index (κ2) is 8.45. The molecule has 1 unspecified atom stereocenters. The summed E-state index contributed by atoms with van der Waals surface area (Å²) in [5, 5.41) is 4.16. The molecule has 0 aliphatic carbocycles. The minimum Gasteiger partial charge on any atom is -0.324 e. The van der Waals surface area contributed by atoms with Gasteiger partial charge in [-0.3, -0.25) is 4.57 Å². The number of nitrogens with one attached hydrogen (secondary N) is 1. The van der Waals surface area contributed by atoms with Gasteiger partial charge in [0.2, 0.25) is 0 Å². The number of fused-ring (bicyclic) bond motifs is 1. The van der Waals surface area contributed by atoms with E-state index in [4.69, 9.17) is 4.98 Å². The molecular weight excluding hydrogens is 477 g/mol. The van der Waals surface area contributed by atoms with Crippen molar-refractivity contribution in [3.63, 3.8) is 0 Å². The van der Waals surface area contributed by atoms with E-state index in [2.05, 4.69) is 51.8 Å². The average Bonchev–Trinajstić information content (AvgIpc) is 2.97. The van der Waals surface area contributed by atoms with Crippen LogP contribution in [-0.2, 0) is 4.57 Å². The molecule has 1 atom stereocenters. The van der Waals surface area contributed by atoms with E-state index < -0.39 is 13.3 Å². The highest BCUT2D eigenvalue weighted by molar-refractivity contribution is 9.10. The lowest BCUT2D eigenvalue weighted by atomic mass is 9.88. The molecule has 1 aliphatic heterocycles. The number of piperidine rings is 1. The highest BCUT2D eigenvalue weighted by Crippen LogP contribution is 2.59. The van der Waals surface area contributed by atoms with E-state index in [1.165, 1.54) is 0 Å². The Morgan fingerprint density at radius 1 is 1.10 bits per heavy atom. The van der Waals surface area contributed by atoms with Crippen LogP contribution < -0.4 is 5.32 Å². The van der Waals surface area contributed by atoms with Gasteiger partial charge in [0.05, 0.1) is 11.3 Å². The molecule has 1 saturated heterocycles. The van der Waals surface area contributed by atoms with Crippen LogP contribution in [0, 0.1) is 33.6 Å². The van der Waals surface area contributed by atoms with Crippen molar-refractivity contribution in [3.05, 3.63) is 56.8 Å². The van der Waals surface area contributed by atoms with Crippen molar-refractivity contribution < 1.29 is 14.4 Å². The molecule has 6 nitrogen and oxygen atoms in total. The van der Waals surface area contributed by atoms with E-state index in [1.54, 1.807) is 0 Å². The Labute approximate surface area is 191 Å². The van der Waals surface area contributed by atoms with E-state index in [1.807, 2.05) is 26.1 Å². The fraction of sp³-hybridized carbons (Fsp3) is 0.435. The van der Waals surface area contributed by atoms with Gasteiger partial charge in [-0.05, 0) is 100.0 Å². The van der Waals surface area contributed by atoms with Crippen molar-refractivity contribution in [2.45, 2.75) is 46.2 Å². The van der Waals surface area contributed by atoms with Crippen molar-refractivity contribution in [2.24, 2.45) is 5.92 Å². The topological polar surface area (TPSA) is 87.4 Å². The predicted octanol–water partition coefficient (Wildman–Crippen LogP) is 5.24. The standard InChI is InChI=1S/C23H29BrN3O3P/c1-13-9-18(24)10-14(2)21(13)27-12-15(3)20-19(11-16(4)26-23(20)27)22(31(28,29)30)17-5-7-25-8-6-17/h9-12,17,22,25H,5-8H2,1-4H3,(H2,28,29,30). The summed E-state index contributed by atoms with van der Waals surface area (Å²) in [7, 11) is -4.37. The van der Waals surface area contributed by atoms with Crippen LogP contribution in [0.25, 0.3) is 16.7 Å². The molecule has 0 saturated carbocycles. The third-order valence-electron chi connectivity index (χ3n) is 6.31. The van der Waals surface area contributed by atoms with Crippen LogP contribution in [0.4, 0.5) is 0 Å². The number of halogens is 1. The Morgan fingerprint density at radius 2 is 1.71 bits per heavy atom.